The molecule has 2 N–H and O–H groups in total. The molecule has 0 unspecified atom stereocenters. The van der Waals surface area contributed by atoms with E-state index in [0.29, 0.717) is 4.88 Å². The number of nitrogens with zero attached hydrogens (tertiary/aromatic N) is 1. The van der Waals surface area contributed by atoms with Gasteiger partial charge in [0.2, 0.25) is 0 Å². The molecule has 0 saturated carbocycles. The molecule has 0 atom stereocenters. The Balaban J connectivity index is 2.26. The number of nitrogens with one attached hydrogen (secondary N) is 2. The largest absolute Gasteiger partial charge is 0.276 e. The molecule has 0 aliphatic heterocycles. The highest BCUT2D eigenvalue weighted by Crippen LogP contribution is 2.29. The van der Waals surface area contributed by atoms with Gasteiger partial charge in [-0.1, -0.05) is 17.7 Å². The number of amides is 1. The second-order valence-electron chi connectivity index (χ2n) is 4.34. The van der Waals surface area contributed by atoms with Crippen molar-refractivity contribution in [2.45, 2.75) is 11.8 Å². The summed E-state index contributed by atoms with van der Waals surface area (Å²) in [4.78, 5) is 23.7. The number of rotatable bonds is 5. The predicted octanol–water partition coefficient (Wildman–Crippen LogP) is 2.24. The summed E-state index contributed by atoms with van der Waals surface area (Å²) in [6.07, 6.45) is 0. The van der Waals surface area contributed by atoms with E-state index in [0.717, 1.165) is 23.5 Å². The molecule has 122 valence electrons. The highest BCUT2D eigenvalue weighted by atomic mass is 35.5. The number of hydrogen-bond acceptors (Lipinski definition) is 6. The summed E-state index contributed by atoms with van der Waals surface area (Å²) in [5.74, 6) is -0.642. The summed E-state index contributed by atoms with van der Waals surface area (Å²) < 4.78 is 24.3. The Hall–Kier alpha value is -2.01. The fourth-order valence-corrected chi connectivity index (χ4v) is 3.41. The predicted molar refractivity (Wildman–Crippen MR) is 85.0 cm³/mol. The number of benzene rings is 1. The molecule has 2 rings (SSSR count). The first-order chi connectivity index (χ1) is 10.7. The summed E-state index contributed by atoms with van der Waals surface area (Å²) in [6, 6.07) is 5.10. The van der Waals surface area contributed by atoms with Crippen LogP contribution < -0.4 is 10.3 Å². The lowest BCUT2D eigenvalue weighted by Crippen LogP contribution is -2.41. The maximum atomic E-state index is 12.1. The van der Waals surface area contributed by atoms with Gasteiger partial charge >= 0.3 is 0 Å². The van der Waals surface area contributed by atoms with E-state index in [2.05, 4.69) is 0 Å². The lowest BCUT2D eigenvalue weighted by atomic mass is 10.2. The molecule has 1 aromatic carbocycles. The topological polar surface area (TPSA) is 118 Å². The second-order valence-corrected chi connectivity index (χ2v) is 7.38. The van der Waals surface area contributed by atoms with Gasteiger partial charge in [-0.05, 0) is 24.4 Å². The van der Waals surface area contributed by atoms with Crippen molar-refractivity contribution in [3.63, 3.8) is 0 Å². The van der Waals surface area contributed by atoms with E-state index in [1.54, 1.807) is 11.4 Å². The van der Waals surface area contributed by atoms with Crippen molar-refractivity contribution < 1.29 is 18.1 Å². The average molecular weight is 376 g/mol. The van der Waals surface area contributed by atoms with Crippen molar-refractivity contribution in [2.75, 3.05) is 0 Å². The van der Waals surface area contributed by atoms with E-state index < -0.39 is 31.4 Å². The van der Waals surface area contributed by atoms with Crippen LogP contribution in [0.2, 0.25) is 5.02 Å². The molecule has 0 aliphatic rings. The van der Waals surface area contributed by atoms with Crippen LogP contribution in [0.5, 0.6) is 0 Å². The van der Waals surface area contributed by atoms with Crippen molar-refractivity contribution in [3.05, 3.63) is 55.2 Å². The Kier molecular flexibility index (Phi) is 5.00. The van der Waals surface area contributed by atoms with Crippen molar-refractivity contribution in [3.8, 4) is 0 Å². The van der Waals surface area contributed by atoms with Gasteiger partial charge in [0, 0.05) is 11.6 Å². The number of hydrazine groups is 1. The maximum Gasteiger partial charge on any atom is 0.276 e. The first kappa shape index (κ1) is 17.3. The lowest BCUT2D eigenvalue weighted by Gasteiger charge is -2.09. The minimum Gasteiger partial charge on any atom is -0.273 e. The van der Waals surface area contributed by atoms with Crippen LogP contribution in [0.25, 0.3) is 0 Å². The van der Waals surface area contributed by atoms with Gasteiger partial charge in [0.05, 0.1) is 19.7 Å². The highest BCUT2D eigenvalue weighted by molar-refractivity contribution is 7.89. The molecule has 2 aromatic rings. The molecule has 8 nitrogen and oxygen atoms in total. The smallest absolute Gasteiger partial charge is 0.273 e. The van der Waals surface area contributed by atoms with Crippen LogP contribution in [-0.2, 0) is 10.0 Å². The van der Waals surface area contributed by atoms with E-state index in [1.165, 1.54) is 13.0 Å². The first-order valence-corrected chi connectivity index (χ1v) is 8.76. The van der Waals surface area contributed by atoms with Gasteiger partial charge in [0.25, 0.3) is 21.6 Å². The van der Waals surface area contributed by atoms with E-state index in [9.17, 15) is 23.3 Å². The number of sulfonamides is 1. The summed E-state index contributed by atoms with van der Waals surface area (Å²) in [6.45, 7) is 1.41. The average Bonchev–Trinajstić information content (AvgIpc) is 3.01. The molecule has 1 amide bonds. The van der Waals surface area contributed by atoms with Crippen LogP contribution in [-0.4, -0.2) is 19.2 Å². The molecular formula is C12H10ClN3O5S2. The molecule has 1 heterocycles. The minimum absolute atomic E-state index is 0.0656. The number of carbonyl (C=O) groups is 1. The Morgan fingerprint density at radius 3 is 2.65 bits per heavy atom. The third-order valence-electron chi connectivity index (χ3n) is 2.84. The fraction of sp³-hybridized carbons (Fsp3) is 0.0833. The molecule has 0 bridgehead atoms. The van der Waals surface area contributed by atoms with Crippen LogP contribution in [0, 0.1) is 17.0 Å². The van der Waals surface area contributed by atoms with E-state index in [-0.39, 0.29) is 10.6 Å². The zero-order valence-corrected chi connectivity index (χ0v) is 14.0. The van der Waals surface area contributed by atoms with Gasteiger partial charge in [-0.2, -0.15) is 0 Å². The van der Waals surface area contributed by atoms with Crippen molar-refractivity contribution in [2.24, 2.45) is 0 Å². The van der Waals surface area contributed by atoms with Crippen molar-refractivity contribution >= 4 is 44.6 Å². The Morgan fingerprint density at radius 1 is 1.39 bits per heavy atom. The Bertz CT molecular complexity index is 865. The summed E-state index contributed by atoms with van der Waals surface area (Å²) in [5, 5.41) is 12.5. The summed E-state index contributed by atoms with van der Waals surface area (Å²) in [7, 11) is -4.21. The molecule has 11 heteroatoms. The second kappa shape index (κ2) is 6.62. The van der Waals surface area contributed by atoms with Crippen molar-refractivity contribution in [1.82, 2.24) is 10.3 Å². The zero-order valence-electron chi connectivity index (χ0n) is 11.6. The number of nitro groups is 1. The standard InChI is InChI=1S/C12H10ClN3O5S2/c1-7-9(13)5-8(6-10(7)16(18)19)23(20,21)15-14-12(17)11-3-2-4-22-11/h2-6,15H,1H3,(H,14,17). The van der Waals surface area contributed by atoms with Crippen molar-refractivity contribution in [1.29, 1.82) is 0 Å². The number of hydrogen-bond donors (Lipinski definition) is 2. The van der Waals surface area contributed by atoms with Gasteiger partial charge < -0.3 is 0 Å². The Morgan fingerprint density at radius 2 is 2.09 bits per heavy atom. The van der Waals surface area contributed by atoms with E-state index in [4.69, 9.17) is 11.6 Å². The Labute approximate surface area is 140 Å². The maximum absolute atomic E-state index is 12.1. The zero-order chi connectivity index (χ0) is 17.2. The van der Waals surface area contributed by atoms with Crippen LogP contribution in [0.15, 0.2) is 34.5 Å². The quantitative estimate of drug-likeness (QED) is 0.613. The van der Waals surface area contributed by atoms with E-state index in [1.807, 2.05) is 10.3 Å². The third kappa shape index (κ3) is 3.85. The summed E-state index contributed by atoms with van der Waals surface area (Å²) >= 11 is 6.96. The van der Waals surface area contributed by atoms with Gasteiger partial charge in [-0.3, -0.25) is 20.3 Å². The summed E-state index contributed by atoms with van der Waals surface area (Å²) in [5.41, 5.74) is 1.75. The lowest BCUT2D eigenvalue weighted by molar-refractivity contribution is -0.385. The molecule has 0 spiro atoms. The third-order valence-corrected chi connectivity index (χ3v) is 5.33. The van der Waals surface area contributed by atoms with Gasteiger partial charge in [0.15, 0.2) is 0 Å². The van der Waals surface area contributed by atoms with Gasteiger partial charge in [-0.25, -0.2) is 8.42 Å². The SMILES string of the molecule is Cc1c(Cl)cc(S(=O)(=O)NNC(=O)c2cccs2)cc1[N+](=O)[O-]. The highest BCUT2D eigenvalue weighted by Gasteiger charge is 2.23. The molecule has 0 radical (unpaired) electrons. The number of halogens is 1. The fourth-order valence-electron chi connectivity index (χ4n) is 1.63. The number of carbonyl (C=O) groups excluding carboxylic acids is 1. The van der Waals surface area contributed by atoms with Gasteiger partial charge in [0.1, 0.15) is 0 Å². The normalized spacial score (nSPS) is 11.2. The molecule has 23 heavy (non-hydrogen) atoms. The van der Waals surface area contributed by atoms with Crippen LogP contribution in [0.3, 0.4) is 0 Å². The molecule has 0 fully saturated rings. The first-order valence-electron chi connectivity index (χ1n) is 6.02. The van der Waals surface area contributed by atoms with Gasteiger partial charge in [-0.15, -0.1) is 16.2 Å². The minimum atomic E-state index is -4.21. The molecule has 0 saturated heterocycles. The molecule has 0 aliphatic carbocycles. The van der Waals surface area contributed by atoms with Crippen LogP contribution >= 0.6 is 22.9 Å². The number of nitro benzene ring substituents is 1. The number of thiophene rings is 1. The molecular weight excluding hydrogens is 366 g/mol. The van der Waals surface area contributed by atoms with Crippen LogP contribution in [0.4, 0.5) is 5.69 Å². The molecule has 1 aromatic heterocycles. The van der Waals surface area contributed by atoms with Crippen LogP contribution in [0.1, 0.15) is 15.2 Å². The van der Waals surface area contributed by atoms with E-state index >= 15 is 0 Å². The monoisotopic (exact) mass is 375 g/mol.